The summed E-state index contributed by atoms with van der Waals surface area (Å²) in [7, 11) is 0. The summed E-state index contributed by atoms with van der Waals surface area (Å²) in [6.07, 6.45) is 6.71. The van der Waals surface area contributed by atoms with E-state index in [-0.39, 0.29) is 12.0 Å². The Morgan fingerprint density at radius 3 is 2.72 bits per heavy atom. The molecule has 0 heterocycles. The van der Waals surface area contributed by atoms with Gasteiger partial charge in [-0.2, -0.15) is 0 Å². The van der Waals surface area contributed by atoms with E-state index in [1.165, 1.54) is 12.0 Å². The van der Waals surface area contributed by atoms with Gasteiger partial charge in [0.2, 0.25) is 0 Å². The van der Waals surface area contributed by atoms with Crippen LogP contribution in [0.2, 0.25) is 0 Å². The van der Waals surface area contributed by atoms with Crippen molar-refractivity contribution in [1.82, 2.24) is 0 Å². The summed E-state index contributed by atoms with van der Waals surface area (Å²) >= 11 is 0. The molecule has 0 aromatic heterocycles. The molecule has 3 heteroatoms. The van der Waals surface area contributed by atoms with E-state index < -0.39 is 17.7 Å². The van der Waals surface area contributed by atoms with Crippen LogP contribution < -0.4 is 0 Å². The molecule has 0 radical (unpaired) electrons. The SMILES string of the molecule is OC(CC1=CCCCC1)Cc1cc(F)ccc1F. The van der Waals surface area contributed by atoms with Gasteiger partial charge in [0.25, 0.3) is 0 Å². The number of benzene rings is 1. The molecular weight excluding hydrogens is 234 g/mol. The predicted molar refractivity (Wildman–Crippen MR) is 67.2 cm³/mol. The van der Waals surface area contributed by atoms with Crippen LogP contribution in [-0.4, -0.2) is 11.2 Å². The molecule has 18 heavy (non-hydrogen) atoms. The summed E-state index contributed by atoms with van der Waals surface area (Å²) in [5.41, 5.74) is 1.49. The van der Waals surface area contributed by atoms with Crippen LogP contribution in [0, 0.1) is 11.6 Å². The highest BCUT2D eigenvalue weighted by atomic mass is 19.1. The fourth-order valence-electron chi connectivity index (χ4n) is 2.42. The summed E-state index contributed by atoms with van der Waals surface area (Å²) in [6, 6.07) is 3.36. The number of halogens is 2. The molecule has 1 nitrogen and oxygen atoms in total. The van der Waals surface area contributed by atoms with Crippen LogP contribution in [0.5, 0.6) is 0 Å². The Hall–Kier alpha value is -1.22. The van der Waals surface area contributed by atoms with Gasteiger partial charge >= 0.3 is 0 Å². The van der Waals surface area contributed by atoms with Crippen LogP contribution in [0.4, 0.5) is 8.78 Å². The number of rotatable bonds is 4. The van der Waals surface area contributed by atoms with E-state index in [0.29, 0.717) is 6.42 Å². The van der Waals surface area contributed by atoms with E-state index in [1.807, 2.05) is 0 Å². The average Bonchev–Trinajstić information content (AvgIpc) is 2.35. The molecule has 0 saturated carbocycles. The fraction of sp³-hybridized carbons (Fsp3) is 0.467. The summed E-state index contributed by atoms with van der Waals surface area (Å²) in [6.45, 7) is 0. The van der Waals surface area contributed by atoms with Crippen LogP contribution in [0.15, 0.2) is 29.8 Å². The van der Waals surface area contributed by atoms with Gasteiger partial charge in [0.15, 0.2) is 0 Å². The molecular formula is C15H18F2O. The van der Waals surface area contributed by atoms with E-state index in [1.54, 1.807) is 0 Å². The Bertz CT molecular complexity index is 440. The molecule has 0 fully saturated rings. The van der Waals surface area contributed by atoms with Crippen molar-refractivity contribution in [1.29, 1.82) is 0 Å². The third-order valence-electron chi connectivity index (χ3n) is 3.35. The minimum atomic E-state index is -0.634. The Morgan fingerprint density at radius 2 is 2.00 bits per heavy atom. The summed E-state index contributed by atoms with van der Waals surface area (Å²) in [5, 5.41) is 9.94. The minimum absolute atomic E-state index is 0.168. The molecule has 1 atom stereocenters. The van der Waals surface area contributed by atoms with Crippen molar-refractivity contribution in [2.75, 3.05) is 0 Å². The second-order valence-electron chi connectivity index (χ2n) is 4.91. The van der Waals surface area contributed by atoms with Gasteiger partial charge in [-0.05, 0) is 55.9 Å². The normalized spacial score (nSPS) is 17.4. The van der Waals surface area contributed by atoms with Crippen molar-refractivity contribution in [2.24, 2.45) is 0 Å². The molecule has 0 spiro atoms. The molecule has 1 aromatic carbocycles. The standard InChI is InChI=1S/C15H18F2O/c16-13-6-7-15(17)12(9-13)10-14(18)8-11-4-2-1-3-5-11/h4,6-7,9,14,18H,1-3,5,8,10H2. The van der Waals surface area contributed by atoms with Gasteiger partial charge in [-0.3, -0.25) is 0 Å². The van der Waals surface area contributed by atoms with E-state index in [4.69, 9.17) is 0 Å². The molecule has 1 aromatic rings. The zero-order valence-electron chi connectivity index (χ0n) is 10.3. The smallest absolute Gasteiger partial charge is 0.126 e. The van der Waals surface area contributed by atoms with Crippen molar-refractivity contribution in [3.05, 3.63) is 47.0 Å². The molecule has 1 unspecified atom stereocenters. The Kier molecular flexibility index (Phi) is 4.48. The van der Waals surface area contributed by atoms with Crippen molar-refractivity contribution in [2.45, 2.75) is 44.6 Å². The average molecular weight is 252 g/mol. The fourth-order valence-corrected chi connectivity index (χ4v) is 2.42. The second-order valence-corrected chi connectivity index (χ2v) is 4.91. The molecule has 1 N–H and O–H groups in total. The number of allylic oxidation sites excluding steroid dienone is 1. The minimum Gasteiger partial charge on any atom is -0.392 e. The third-order valence-corrected chi connectivity index (χ3v) is 3.35. The molecule has 0 aliphatic heterocycles. The maximum atomic E-state index is 13.4. The summed E-state index contributed by atoms with van der Waals surface area (Å²) in [4.78, 5) is 0. The number of hydrogen-bond acceptors (Lipinski definition) is 1. The lowest BCUT2D eigenvalue weighted by atomic mass is 9.93. The predicted octanol–water partition coefficient (Wildman–Crippen LogP) is 3.76. The topological polar surface area (TPSA) is 20.2 Å². The van der Waals surface area contributed by atoms with Gasteiger partial charge in [-0.25, -0.2) is 8.78 Å². The maximum Gasteiger partial charge on any atom is 0.126 e. The quantitative estimate of drug-likeness (QED) is 0.809. The first-order valence-corrected chi connectivity index (χ1v) is 6.45. The van der Waals surface area contributed by atoms with Gasteiger partial charge in [0.1, 0.15) is 11.6 Å². The van der Waals surface area contributed by atoms with Gasteiger partial charge in [-0.1, -0.05) is 11.6 Å². The van der Waals surface area contributed by atoms with Crippen molar-refractivity contribution in [3.63, 3.8) is 0 Å². The van der Waals surface area contributed by atoms with Gasteiger partial charge in [-0.15, -0.1) is 0 Å². The van der Waals surface area contributed by atoms with Crippen molar-refractivity contribution >= 4 is 0 Å². The molecule has 1 aliphatic carbocycles. The maximum absolute atomic E-state index is 13.4. The van der Waals surface area contributed by atoms with E-state index in [9.17, 15) is 13.9 Å². The molecule has 0 amide bonds. The van der Waals surface area contributed by atoms with Crippen LogP contribution in [0.1, 0.15) is 37.7 Å². The molecule has 1 aliphatic rings. The van der Waals surface area contributed by atoms with Crippen molar-refractivity contribution < 1.29 is 13.9 Å². The molecule has 0 bridgehead atoms. The third kappa shape index (κ3) is 3.64. The van der Waals surface area contributed by atoms with Crippen LogP contribution in [-0.2, 0) is 6.42 Å². The summed E-state index contributed by atoms with van der Waals surface area (Å²) in [5.74, 6) is -0.913. The van der Waals surface area contributed by atoms with Crippen LogP contribution in [0.25, 0.3) is 0 Å². The Balaban J connectivity index is 1.96. The monoisotopic (exact) mass is 252 g/mol. The lowest BCUT2D eigenvalue weighted by Crippen LogP contribution is -2.13. The molecule has 0 saturated heterocycles. The van der Waals surface area contributed by atoms with E-state index in [2.05, 4.69) is 6.08 Å². The highest BCUT2D eigenvalue weighted by Gasteiger charge is 2.13. The van der Waals surface area contributed by atoms with E-state index in [0.717, 1.165) is 37.5 Å². The first-order valence-electron chi connectivity index (χ1n) is 6.45. The largest absolute Gasteiger partial charge is 0.392 e. The number of aliphatic hydroxyl groups excluding tert-OH is 1. The zero-order chi connectivity index (χ0) is 13.0. The molecule has 2 rings (SSSR count). The number of hydrogen-bond donors (Lipinski definition) is 1. The lowest BCUT2D eigenvalue weighted by Gasteiger charge is -2.17. The molecule has 98 valence electrons. The second kappa shape index (κ2) is 6.10. The van der Waals surface area contributed by atoms with Crippen LogP contribution >= 0.6 is 0 Å². The highest BCUT2D eigenvalue weighted by Crippen LogP contribution is 2.23. The zero-order valence-corrected chi connectivity index (χ0v) is 10.3. The van der Waals surface area contributed by atoms with Crippen molar-refractivity contribution in [3.8, 4) is 0 Å². The first-order chi connectivity index (χ1) is 8.65. The number of aliphatic hydroxyl groups is 1. The Morgan fingerprint density at radius 1 is 1.17 bits per heavy atom. The van der Waals surface area contributed by atoms with Crippen LogP contribution in [0.3, 0.4) is 0 Å². The highest BCUT2D eigenvalue weighted by molar-refractivity contribution is 5.20. The first kappa shape index (κ1) is 13.2. The lowest BCUT2D eigenvalue weighted by molar-refractivity contribution is 0.172. The Labute approximate surface area is 106 Å². The summed E-state index contributed by atoms with van der Waals surface area (Å²) < 4.78 is 26.4. The van der Waals surface area contributed by atoms with E-state index >= 15 is 0 Å². The van der Waals surface area contributed by atoms with Gasteiger partial charge in [0.05, 0.1) is 6.10 Å². The van der Waals surface area contributed by atoms with Gasteiger partial charge < -0.3 is 5.11 Å². The van der Waals surface area contributed by atoms with Gasteiger partial charge in [0, 0.05) is 6.42 Å².